The monoisotopic (exact) mass is 240 g/mol. The van der Waals surface area contributed by atoms with E-state index in [9.17, 15) is 5.11 Å². The Balaban J connectivity index is 2.20. The number of nitrogens with zero attached hydrogens (tertiary/aromatic N) is 2. The van der Waals surface area contributed by atoms with Gasteiger partial charge in [0, 0.05) is 7.11 Å². The van der Waals surface area contributed by atoms with Crippen molar-refractivity contribution >= 4 is 0 Å². The lowest BCUT2D eigenvalue weighted by Crippen LogP contribution is -2.37. The second-order valence-electron chi connectivity index (χ2n) is 4.76. The summed E-state index contributed by atoms with van der Waals surface area (Å²) in [5.41, 5.74) is -0.348. The van der Waals surface area contributed by atoms with Crippen LogP contribution in [0.3, 0.4) is 0 Å². The molecule has 1 heterocycles. The molecule has 2 unspecified atom stereocenters. The molecule has 96 valence electrons. The minimum atomic E-state index is -0.479. The molecule has 2 atom stereocenters. The van der Waals surface area contributed by atoms with Crippen molar-refractivity contribution in [3.63, 3.8) is 0 Å². The first kappa shape index (κ1) is 12.5. The lowest BCUT2D eigenvalue weighted by Gasteiger charge is -2.37. The zero-order valence-electron chi connectivity index (χ0n) is 10.6. The summed E-state index contributed by atoms with van der Waals surface area (Å²) < 4.78 is 10.8. The Labute approximate surface area is 101 Å². The Morgan fingerprint density at radius 1 is 1.53 bits per heavy atom. The first-order chi connectivity index (χ1) is 8.13. The van der Waals surface area contributed by atoms with E-state index in [1.54, 1.807) is 14.0 Å². The molecule has 1 N–H and O–H groups in total. The maximum Gasteiger partial charge on any atom is 0.232 e. The van der Waals surface area contributed by atoms with Gasteiger partial charge in [-0.25, -0.2) is 0 Å². The smallest absolute Gasteiger partial charge is 0.232 e. The van der Waals surface area contributed by atoms with Crippen LogP contribution in [0.1, 0.15) is 57.2 Å². The highest BCUT2D eigenvalue weighted by molar-refractivity contribution is 5.08. The van der Waals surface area contributed by atoms with Crippen LogP contribution >= 0.6 is 0 Å². The molecule has 0 saturated heterocycles. The molecule has 5 heteroatoms. The zero-order chi connectivity index (χ0) is 12.5. The summed E-state index contributed by atoms with van der Waals surface area (Å²) in [4.78, 5) is 4.40. The molecule has 0 amide bonds. The number of aromatic nitrogens is 2. The fourth-order valence-electron chi connectivity index (χ4n) is 2.31. The van der Waals surface area contributed by atoms with Crippen molar-refractivity contribution in [2.24, 2.45) is 0 Å². The average molecular weight is 240 g/mol. The van der Waals surface area contributed by atoms with Crippen LogP contribution in [-0.4, -0.2) is 28.5 Å². The highest BCUT2D eigenvalue weighted by Crippen LogP contribution is 2.43. The van der Waals surface area contributed by atoms with Crippen molar-refractivity contribution in [2.45, 2.75) is 57.2 Å². The number of methoxy groups -OCH3 is 1. The van der Waals surface area contributed by atoms with Crippen molar-refractivity contribution in [1.29, 1.82) is 0 Å². The van der Waals surface area contributed by atoms with E-state index in [1.807, 2.05) is 6.92 Å². The second kappa shape index (κ2) is 4.74. The van der Waals surface area contributed by atoms with Crippen LogP contribution < -0.4 is 0 Å². The average Bonchev–Trinajstić information content (AvgIpc) is 2.67. The van der Waals surface area contributed by atoms with E-state index in [-0.39, 0.29) is 11.5 Å². The lowest BCUT2D eigenvalue weighted by atomic mass is 9.79. The number of hydrogen-bond donors (Lipinski definition) is 1. The van der Waals surface area contributed by atoms with Crippen molar-refractivity contribution in [2.75, 3.05) is 7.11 Å². The predicted molar refractivity (Wildman–Crippen MR) is 61.5 cm³/mol. The molecule has 2 rings (SSSR count). The Morgan fingerprint density at radius 2 is 2.24 bits per heavy atom. The van der Waals surface area contributed by atoms with Crippen LogP contribution in [0, 0.1) is 0 Å². The van der Waals surface area contributed by atoms with E-state index >= 15 is 0 Å². The topological polar surface area (TPSA) is 68.4 Å². The lowest BCUT2D eigenvalue weighted by molar-refractivity contribution is -0.0858. The van der Waals surface area contributed by atoms with Crippen LogP contribution in [0.15, 0.2) is 4.52 Å². The van der Waals surface area contributed by atoms with Gasteiger partial charge in [0.2, 0.25) is 11.7 Å². The maximum atomic E-state index is 9.65. The van der Waals surface area contributed by atoms with E-state index in [0.717, 1.165) is 25.7 Å². The van der Waals surface area contributed by atoms with Gasteiger partial charge in [0.1, 0.15) is 5.60 Å². The van der Waals surface area contributed by atoms with Crippen LogP contribution in [0.2, 0.25) is 0 Å². The first-order valence-corrected chi connectivity index (χ1v) is 6.20. The third-order valence-electron chi connectivity index (χ3n) is 3.74. The minimum Gasteiger partial charge on any atom is -0.393 e. The molecule has 1 aliphatic carbocycles. The minimum absolute atomic E-state index is 0.0924. The molecule has 1 aromatic heterocycles. The first-order valence-electron chi connectivity index (χ1n) is 6.20. The Bertz CT molecular complexity index is 366. The molecule has 1 aromatic rings. The highest BCUT2D eigenvalue weighted by Gasteiger charge is 2.43. The second-order valence-corrected chi connectivity index (χ2v) is 4.76. The molecule has 0 aromatic carbocycles. The normalized spacial score (nSPS) is 21.9. The van der Waals surface area contributed by atoms with Crippen molar-refractivity contribution in [1.82, 2.24) is 10.1 Å². The van der Waals surface area contributed by atoms with Gasteiger partial charge in [-0.15, -0.1) is 0 Å². The Kier molecular flexibility index (Phi) is 3.49. The number of rotatable bonds is 5. The summed E-state index contributed by atoms with van der Waals surface area (Å²) >= 11 is 0. The molecule has 0 spiro atoms. The van der Waals surface area contributed by atoms with E-state index in [1.165, 1.54) is 0 Å². The molecule has 0 aliphatic heterocycles. The molecule has 17 heavy (non-hydrogen) atoms. The van der Waals surface area contributed by atoms with Gasteiger partial charge >= 0.3 is 0 Å². The molecule has 1 saturated carbocycles. The summed E-state index contributed by atoms with van der Waals surface area (Å²) in [6.45, 7) is 3.74. The summed E-state index contributed by atoms with van der Waals surface area (Å²) in [5.74, 6) is 1.05. The number of aliphatic hydroxyl groups is 1. The fraction of sp³-hybridized carbons (Fsp3) is 0.833. The van der Waals surface area contributed by atoms with Crippen LogP contribution in [0.25, 0.3) is 0 Å². The highest BCUT2D eigenvalue weighted by atomic mass is 16.5. The summed E-state index contributed by atoms with van der Waals surface area (Å²) in [5, 5.41) is 13.7. The molecular weight excluding hydrogens is 220 g/mol. The van der Waals surface area contributed by atoms with Gasteiger partial charge < -0.3 is 14.4 Å². The summed E-state index contributed by atoms with van der Waals surface area (Å²) in [6.07, 6.45) is 3.31. The molecule has 1 fully saturated rings. The van der Waals surface area contributed by atoms with Gasteiger partial charge in [0.05, 0.1) is 12.0 Å². The van der Waals surface area contributed by atoms with E-state index in [4.69, 9.17) is 9.26 Å². The molecular formula is C12H20N2O3. The third kappa shape index (κ3) is 2.09. The van der Waals surface area contributed by atoms with Gasteiger partial charge in [-0.2, -0.15) is 4.98 Å². The summed E-state index contributed by atoms with van der Waals surface area (Å²) in [6, 6.07) is 0. The Hall–Kier alpha value is -0.940. The van der Waals surface area contributed by atoms with Gasteiger partial charge in [-0.3, -0.25) is 0 Å². The van der Waals surface area contributed by atoms with Gasteiger partial charge in [0.25, 0.3) is 0 Å². The fourth-order valence-corrected chi connectivity index (χ4v) is 2.31. The number of hydrogen-bond acceptors (Lipinski definition) is 5. The van der Waals surface area contributed by atoms with E-state index in [2.05, 4.69) is 10.1 Å². The third-order valence-corrected chi connectivity index (χ3v) is 3.74. The molecule has 0 bridgehead atoms. The Morgan fingerprint density at radius 3 is 2.65 bits per heavy atom. The quantitative estimate of drug-likeness (QED) is 0.852. The largest absolute Gasteiger partial charge is 0.393 e. The van der Waals surface area contributed by atoms with Crippen LogP contribution in [0.4, 0.5) is 0 Å². The van der Waals surface area contributed by atoms with Gasteiger partial charge in [-0.05, 0) is 32.6 Å². The van der Waals surface area contributed by atoms with Crippen LogP contribution in [0.5, 0.6) is 0 Å². The zero-order valence-corrected chi connectivity index (χ0v) is 10.6. The summed E-state index contributed by atoms with van der Waals surface area (Å²) in [7, 11) is 1.68. The SMILES string of the molecule is CCC(c1nc(C2(OC)CCC2)no1)C(C)O. The van der Waals surface area contributed by atoms with Crippen LogP contribution in [-0.2, 0) is 10.3 Å². The van der Waals surface area contributed by atoms with Crippen molar-refractivity contribution in [3.8, 4) is 0 Å². The van der Waals surface area contributed by atoms with E-state index < -0.39 is 6.10 Å². The van der Waals surface area contributed by atoms with Gasteiger partial charge in [-0.1, -0.05) is 12.1 Å². The standard InChI is InChI=1S/C12H20N2O3/c1-4-9(8(2)15)10-13-11(14-17-10)12(16-3)6-5-7-12/h8-9,15H,4-7H2,1-3H3. The van der Waals surface area contributed by atoms with Gasteiger partial charge in [0.15, 0.2) is 0 Å². The predicted octanol–water partition coefficient (Wildman–Crippen LogP) is 1.97. The van der Waals surface area contributed by atoms with Crippen molar-refractivity contribution in [3.05, 3.63) is 11.7 Å². The van der Waals surface area contributed by atoms with E-state index in [0.29, 0.717) is 11.7 Å². The maximum absolute atomic E-state index is 9.65. The molecule has 5 nitrogen and oxygen atoms in total. The number of aliphatic hydroxyl groups excluding tert-OH is 1. The molecule has 1 aliphatic rings. The number of ether oxygens (including phenoxy) is 1. The van der Waals surface area contributed by atoms with Crippen molar-refractivity contribution < 1.29 is 14.4 Å². The molecule has 0 radical (unpaired) electrons.